The van der Waals surface area contributed by atoms with Crippen molar-refractivity contribution < 1.29 is 18.0 Å². The maximum absolute atomic E-state index is 12.6. The Hall–Kier alpha value is -2.51. The van der Waals surface area contributed by atoms with E-state index in [1.54, 1.807) is 24.3 Å². The molecule has 0 bridgehead atoms. The van der Waals surface area contributed by atoms with Crippen LogP contribution in [0.3, 0.4) is 0 Å². The number of hydrogen-bond acceptors (Lipinski definition) is 8. The maximum Gasteiger partial charge on any atom is 0.277 e. The van der Waals surface area contributed by atoms with Crippen molar-refractivity contribution >= 4 is 61.8 Å². The number of carbonyl (C=O) groups is 2. The highest BCUT2D eigenvalue weighted by molar-refractivity contribution is 7.92. The van der Waals surface area contributed by atoms with Crippen LogP contribution in [-0.2, 0) is 23.0 Å². The van der Waals surface area contributed by atoms with Gasteiger partial charge in [0.1, 0.15) is 0 Å². The van der Waals surface area contributed by atoms with Crippen molar-refractivity contribution in [3.63, 3.8) is 0 Å². The summed E-state index contributed by atoms with van der Waals surface area (Å²) in [4.78, 5) is 32.2. The molecule has 2 aromatic heterocycles. The van der Waals surface area contributed by atoms with Crippen molar-refractivity contribution in [2.24, 2.45) is 5.73 Å². The molecule has 1 aliphatic rings. The highest BCUT2D eigenvalue weighted by atomic mass is 35.5. The molecule has 1 aromatic carbocycles. The molecule has 4 N–H and O–H groups in total. The Bertz CT molecular complexity index is 1370. The first-order valence-corrected chi connectivity index (χ1v) is 14.1. The van der Waals surface area contributed by atoms with Crippen molar-refractivity contribution in [3.8, 4) is 0 Å². The number of hydrogen-bond donors (Lipinski definition) is 3. The number of thiophene rings is 1. The number of halogens is 1. The smallest absolute Gasteiger partial charge is 0.277 e. The summed E-state index contributed by atoms with van der Waals surface area (Å²) in [5, 5.41) is 3.10. The van der Waals surface area contributed by atoms with Gasteiger partial charge in [0, 0.05) is 25.1 Å². The molecule has 4 rings (SSSR count). The molecule has 0 radical (unpaired) electrons. The molecular formula is C21H22ClN5O4S3. The van der Waals surface area contributed by atoms with Crippen LogP contribution in [0.4, 0.5) is 5.69 Å². The second-order valence-electron chi connectivity index (χ2n) is 7.87. The quantitative estimate of drug-likeness (QED) is 0.422. The van der Waals surface area contributed by atoms with E-state index in [0.717, 1.165) is 22.4 Å². The first kappa shape index (κ1) is 24.6. The van der Waals surface area contributed by atoms with Gasteiger partial charge >= 0.3 is 0 Å². The number of nitrogens with zero attached hydrogens (tertiary/aromatic N) is 2. The molecule has 13 heteroatoms. The second kappa shape index (κ2) is 9.62. The highest BCUT2D eigenvalue weighted by Crippen LogP contribution is 2.42. The van der Waals surface area contributed by atoms with E-state index in [-0.39, 0.29) is 23.5 Å². The van der Waals surface area contributed by atoms with E-state index in [1.165, 1.54) is 22.7 Å². The Balaban J connectivity index is 1.78. The number of nitrogens with two attached hydrogens (primary N) is 1. The highest BCUT2D eigenvalue weighted by Gasteiger charge is 2.34. The summed E-state index contributed by atoms with van der Waals surface area (Å²) >= 11 is 8.33. The number of carbonyl (C=O) groups excluding carboxylic acids is 2. The third kappa shape index (κ3) is 5.26. The predicted octanol–water partition coefficient (Wildman–Crippen LogP) is 2.84. The van der Waals surface area contributed by atoms with Crippen LogP contribution in [0.2, 0.25) is 4.34 Å². The first-order chi connectivity index (χ1) is 16.0. The van der Waals surface area contributed by atoms with Gasteiger partial charge < -0.3 is 11.1 Å². The Morgan fingerprint density at radius 2 is 2.03 bits per heavy atom. The van der Waals surface area contributed by atoms with Gasteiger partial charge in [-0.25, -0.2) is 13.4 Å². The molecule has 0 spiro atoms. The predicted molar refractivity (Wildman–Crippen MR) is 134 cm³/mol. The number of likely N-dealkylation sites (N-methyl/N-ethyl adjacent to an activating group) is 1. The lowest BCUT2D eigenvalue weighted by atomic mass is 9.92. The van der Waals surface area contributed by atoms with Gasteiger partial charge in [0.25, 0.3) is 11.8 Å². The largest absolute Gasteiger partial charge is 0.364 e. The van der Waals surface area contributed by atoms with E-state index in [0.29, 0.717) is 33.4 Å². The number of anilines is 1. The molecule has 34 heavy (non-hydrogen) atoms. The zero-order valence-electron chi connectivity index (χ0n) is 18.3. The Morgan fingerprint density at radius 3 is 2.68 bits per heavy atom. The lowest BCUT2D eigenvalue weighted by molar-refractivity contribution is 0.0953. The van der Waals surface area contributed by atoms with Crippen molar-refractivity contribution in [1.82, 2.24) is 15.2 Å². The third-order valence-corrected chi connectivity index (χ3v) is 8.32. The van der Waals surface area contributed by atoms with Crippen LogP contribution in [0.1, 0.15) is 47.2 Å². The monoisotopic (exact) mass is 539 g/mol. The van der Waals surface area contributed by atoms with Crippen LogP contribution in [0.15, 0.2) is 30.3 Å². The zero-order chi connectivity index (χ0) is 24.6. The van der Waals surface area contributed by atoms with Crippen molar-refractivity contribution in [2.45, 2.75) is 19.0 Å². The summed E-state index contributed by atoms with van der Waals surface area (Å²) in [6, 6.07) is 8.16. The van der Waals surface area contributed by atoms with Crippen LogP contribution in [0.5, 0.6) is 0 Å². The van der Waals surface area contributed by atoms with E-state index in [1.807, 2.05) is 13.1 Å². The van der Waals surface area contributed by atoms with Gasteiger partial charge in [0.05, 0.1) is 37.8 Å². The van der Waals surface area contributed by atoms with Crippen molar-refractivity contribution in [2.75, 3.05) is 24.6 Å². The fourth-order valence-electron chi connectivity index (χ4n) is 3.90. The summed E-state index contributed by atoms with van der Waals surface area (Å²) in [6.45, 7) is 0.802. The van der Waals surface area contributed by atoms with Gasteiger partial charge in [-0.15, -0.1) is 22.7 Å². The van der Waals surface area contributed by atoms with Crippen LogP contribution >= 0.6 is 34.3 Å². The molecule has 3 heterocycles. The topological polar surface area (TPSA) is 134 Å². The number of amides is 2. The van der Waals surface area contributed by atoms with Gasteiger partial charge in [-0.1, -0.05) is 23.7 Å². The van der Waals surface area contributed by atoms with Gasteiger partial charge in [-0.05, 0) is 30.8 Å². The number of sulfonamides is 1. The number of nitrogens with one attached hydrogen (secondary N) is 2. The molecule has 0 fully saturated rings. The molecule has 9 nitrogen and oxygen atoms in total. The summed E-state index contributed by atoms with van der Waals surface area (Å²) < 4.78 is 27.4. The van der Waals surface area contributed by atoms with Crippen molar-refractivity contribution in [3.05, 3.63) is 66.3 Å². The van der Waals surface area contributed by atoms with Crippen molar-refractivity contribution in [1.29, 1.82) is 0 Å². The number of primary amides is 1. The minimum atomic E-state index is -3.58. The molecule has 3 aromatic rings. The standard InChI is InChI=1S/C21H22ClN5O4S3/c1-27-9-8-13-18(33-21(25-13)19(23)28)17(27)16-11(4-3-5-12(16)26-34(2,30)31)10-24-20(29)14-6-7-15(22)32-14/h3-7,17,26H,8-10H2,1-2H3,(H2,23,28)(H,24,29). The molecule has 1 unspecified atom stereocenters. The fraction of sp³-hybridized carbons (Fsp3) is 0.286. The molecule has 1 atom stereocenters. The number of rotatable bonds is 7. The van der Waals surface area contributed by atoms with Gasteiger partial charge in [0.2, 0.25) is 10.0 Å². The van der Waals surface area contributed by atoms with Crippen LogP contribution in [0, 0.1) is 0 Å². The summed E-state index contributed by atoms with van der Waals surface area (Å²) in [6.07, 6.45) is 1.72. The Kier molecular flexibility index (Phi) is 6.97. The molecule has 1 aliphatic heterocycles. The lowest BCUT2D eigenvalue weighted by Gasteiger charge is -2.34. The zero-order valence-corrected chi connectivity index (χ0v) is 21.5. The first-order valence-electron chi connectivity index (χ1n) is 10.2. The number of fused-ring (bicyclic) bond motifs is 1. The van der Waals surface area contributed by atoms with E-state index < -0.39 is 15.9 Å². The minimum absolute atomic E-state index is 0.157. The van der Waals surface area contributed by atoms with E-state index in [9.17, 15) is 18.0 Å². The van der Waals surface area contributed by atoms with E-state index in [4.69, 9.17) is 17.3 Å². The van der Waals surface area contributed by atoms with Crippen LogP contribution in [0.25, 0.3) is 0 Å². The summed E-state index contributed by atoms with van der Waals surface area (Å²) in [7, 11) is -1.66. The Labute approximate surface area is 210 Å². The molecule has 0 saturated carbocycles. The average Bonchev–Trinajstić information content (AvgIpc) is 3.38. The number of thiazole rings is 1. The molecule has 0 saturated heterocycles. The molecule has 180 valence electrons. The lowest BCUT2D eigenvalue weighted by Crippen LogP contribution is -2.34. The average molecular weight is 540 g/mol. The van der Waals surface area contributed by atoms with Gasteiger partial charge in [0.15, 0.2) is 5.01 Å². The van der Waals surface area contributed by atoms with Gasteiger partial charge in [-0.2, -0.15) is 0 Å². The third-order valence-electron chi connectivity index (χ3n) is 5.33. The SMILES string of the molecule is CN1CCc2nc(C(N)=O)sc2C1c1c(CNC(=O)c2ccc(Cl)s2)cccc1NS(C)(=O)=O. The normalized spacial score (nSPS) is 16.1. The van der Waals surface area contributed by atoms with Crippen LogP contribution < -0.4 is 15.8 Å². The number of benzene rings is 1. The maximum atomic E-state index is 12.6. The van der Waals surface area contributed by atoms with Gasteiger partial charge in [-0.3, -0.25) is 19.2 Å². The van der Waals surface area contributed by atoms with E-state index >= 15 is 0 Å². The summed E-state index contributed by atoms with van der Waals surface area (Å²) in [5.74, 6) is -0.888. The number of aromatic nitrogens is 1. The molecule has 2 amide bonds. The Morgan fingerprint density at radius 1 is 1.26 bits per heavy atom. The second-order valence-corrected chi connectivity index (χ2v) is 12.4. The van der Waals surface area contributed by atoms with E-state index in [2.05, 4.69) is 19.9 Å². The molecular weight excluding hydrogens is 518 g/mol. The van der Waals surface area contributed by atoms with Crippen LogP contribution in [-0.4, -0.2) is 50.0 Å². The minimum Gasteiger partial charge on any atom is -0.364 e. The fourth-order valence-corrected chi connectivity index (χ4v) is 6.58. The summed E-state index contributed by atoms with van der Waals surface area (Å²) in [5.41, 5.74) is 8.04. The molecule has 0 aliphatic carbocycles.